The average molecular weight is 308 g/mol. The lowest BCUT2D eigenvalue weighted by molar-refractivity contribution is 0.0722. The number of aryl methyl sites for hydroxylation is 1. The van der Waals surface area contributed by atoms with Crippen LogP contribution in [0.2, 0.25) is 0 Å². The first-order valence-corrected chi connectivity index (χ1v) is 6.71. The fraction of sp³-hybridized carbons (Fsp3) is 0.333. The van der Waals surface area contributed by atoms with Gasteiger partial charge in [-0.1, -0.05) is 17.3 Å². The highest BCUT2D eigenvalue weighted by molar-refractivity contribution is 5.96. The molecule has 2 aromatic rings. The Bertz CT molecular complexity index is 728. The van der Waals surface area contributed by atoms with Crippen molar-refractivity contribution in [1.82, 2.24) is 10.1 Å². The minimum Gasteiger partial charge on any atom is -0.496 e. The predicted molar refractivity (Wildman–Crippen MR) is 72.8 cm³/mol. The SMILES string of the molecule is COc1cccc2c1CN(C(=O)c1c(C)noc1C(F)F)C2. The Morgan fingerprint density at radius 3 is 2.86 bits per heavy atom. The van der Waals surface area contributed by atoms with E-state index in [9.17, 15) is 13.6 Å². The maximum absolute atomic E-state index is 12.9. The van der Waals surface area contributed by atoms with Crippen molar-refractivity contribution in [3.05, 3.63) is 46.3 Å². The summed E-state index contributed by atoms with van der Waals surface area (Å²) in [5.74, 6) is -0.498. The molecule has 116 valence electrons. The third-order valence-corrected chi connectivity index (χ3v) is 3.75. The van der Waals surface area contributed by atoms with Crippen LogP contribution in [-0.4, -0.2) is 23.1 Å². The third kappa shape index (κ3) is 2.22. The lowest BCUT2D eigenvalue weighted by Gasteiger charge is -2.15. The van der Waals surface area contributed by atoms with Gasteiger partial charge >= 0.3 is 0 Å². The van der Waals surface area contributed by atoms with Gasteiger partial charge in [-0.15, -0.1) is 0 Å². The largest absolute Gasteiger partial charge is 0.496 e. The highest BCUT2D eigenvalue weighted by Gasteiger charge is 2.33. The molecule has 1 aliphatic rings. The Labute approximate surface area is 125 Å². The van der Waals surface area contributed by atoms with Crippen molar-refractivity contribution in [2.24, 2.45) is 0 Å². The molecule has 7 heteroatoms. The second kappa shape index (κ2) is 5.40. The Kier molecular flexibility index (Phi) is 3.56. The van der Waals surface area contributed by atoms with Crippen LogP contribution in [0.15, 0.2) is 22.7 Å². The summed E-state index contributed by atoms with van der Waals surface area (Å²) >= 11 is 0. The van der Waals surface area contributed by atoms with Gasteiger partial charge in [-0.05, 0) is 18.6 Å². The van der Waals surface area contributed by atoms with Crippen LogP contribution in [0.1, 0.15) is 39.4 Å². The van der Waals surface area contributed by atoms with Gasteiger partial charge < -0.3 is 14.2 Å². The van der Waals surface area contributed by atoms with E-state index in [4.69, 9.17) is 4.74 Å². The van der Waals surface area contributed by atoms with Gasteiger partial charge in [0, 0.05) is 12.1 Å². The second-order valence-electron chi connectivity index (χ2n) is 5.07. The van der Waals surface area contributed by atoms with Gasteiger partial charge in [0.2, 0.25) is 5.76 Å². The van der Waals surface area contributed by atoms with Gasteiger partial charge in [-0.2, -0.15) is 0 Å². The fourth-order valence-corrected chi connectivity index (χ4v) is 2.68. The van der Waals surface area contributed by atoms with Crippen LogP contribution in [0.25, 0.3) is 0 Å². The first kappa shape index (κ1) is 14.5. The molecule has 0 fully saturated rings. The normalized spacial score (nSPS) is 13.6. The Hall–Kier alpha value is -2.44. The molecular formula is C15H14F2N2O3. The van der Waals surface area contributed by atoms with E-state index in [0.717, 1.165) is 11.1 Å². The molecule has 1 amide bonds. The van der Waals surface area contributed by atoms with E-state index in [0.29, 0.717) is 18.8 Å². The molecule has 0 bridgehead atoms. The van der Waals surface area contributed by atoms with Gasteiger partial charge in [-0.3, -0.25) is 4.79 Å². The fourth-order valence-electron chi connectivity index (χ4n) is 2.68. The highest BCUT2D eigenvalue weighted by atomic mass is 19.3. The van der Waals surface area contributed by atoms with Crippen molar-refractivity contribution in [2.75, 3.05) is 7.11 Å². The average Bonchev–Trinajstić information content (AvgIpc) is 3.09. The molecule has 5 nitrogen and oxygen atoms in total. The summed E-state index contributed by atoms with van der Waals surface area (Å²) in [4.78, 5) is 14.1. The molecule has 1 aromatic heterocycles. The molecule has 2 heterocycles. The van der Waals surface area contributed by atoms with Crippen LogP contribution in [0.3, 0.4) is 0 Å². The summed E-state index contributed by atoms with van der Waals surface area (Å²) in [6, 6.07) is 5.53. The number of alkyl halides is 2. The van der Waals surface area contributed by atoms with E-state index in [-0.39, 0.29) is 11.3 Å². The monoisotopic (exact) mass is 308 g/mol. The molecule has 0 atom stereocenters. The number of hydrogen-bond acceptors (Lipinski definition) is 4. The number of rotatable bonds is 3. The van der Waals surface area contributed by atoms with Crippen LogP contribution in [0.4, 0.5) is 8.78 Å². The molecule has 0 radical (unpaired) electrons. The Balaban J connectivity index is 1.92. The zero-order valence-electron chi connectivity index (χ0n) is 12.1. The van der Waals surface area contributed by atoms with Crippen molar-refractivity contribution < 1.29 is 22.8 Å². The summed E-state index contributed by atoms with van der Waals surface area (Å²) < 4.78 is 35.8. The molecular weight excluding hydrogens is 294 g/mol. The van der Waals surface area contributed by atoms with Crippen molar-refractivity contribution >= 4 is 5.91 Å². The van der Waals surface area contributed by atoms with Crippen LogP contribution < -0.4 is 4.74 Å². The van der Waals surface area contributed by atoms with Crippen molar-refractivity contribution in [3.8, 4) is 5.75 Å². The zero-order chi connectivity index (χ0) is 15.9. The first-order chi connectivity index (χ1) is 10.5. The number of aromatic nitrogens is 1. The maximum atomic E-state index is 12.9. The number of hydrogen-bond donors (Lipinski definition) is 0. The lowest BCUT2D eigenvalue weighted by Crippen LogP contribution is -2.26. The van der Waals surface area contributed by atoms with Gasteiger partial charge in [0.1, 0.15) is 11.3 Å². The van der Waals surface area contributed by atoms with E-state index >= 15 is 0 Å². The second-order valence-corrected chi connectivity index (χ2v) is 5.07. The molecule has 0 N–H and O–H groups in total. The van der Waals surface area contributed by atoms with Gasteiger partial charge in [-0.25, -0.2) is 8.78 Å². The molecule has 3 rings (SSSR count). The number of carbonyl (C=O) groups is 1. The van der Waals surface area contributed by atoms with E-state index in [2.05, 4.69) is 9.68 Å². The smallest absolute Gasteiger partial charge is 0.298 e. The van der Waals surface area contributed by atoms with E-state index in [1.54, 1.807) is 7.11 Å². The zero-order valence-corrected chi connectivity index (χ0v) is 12.1. The number of amides is 1. The van der Waals surface area contributed by atoms with E-state index < -0.39 is 18.1 Å². The number of carbonyl (C=O) groups excluding carboxylic acids is 1. The Morgan fingerprint density at radius 2 is 2.18 bits per heavy atom. The highest BCUT2D eigenvalue weighted by Crippen LogP contribution is 2.33. The minimum atomic E-state index is -2.88. The van der Waals surface area contributed by atoms with Crippen LogP contribution in [0, 0.1) is 6.92 Å². The number of nitrogens with zero attached hydrogens (tertiary/aromatic N) is 2. The summed E-state index contributed by atoms with van der Waals surface area (Å²) in [6.07, 6.45) is -2.88. The number of halogens is 2. The Morgan fingerprint density at radius 1 is 1.41 bits per heavy atom. The van der Waals surface area contributed by atoms with Crippen LogP contribution >= 0.6 is 0 Å². The van der Waals surface area contributed by atoms with Crippen molar-refractivity contribution in [2.45, 2.75) is 26.4 Å². The van der Waals surface area contributed by atoms with Crippen LogP contribution in [-0.2, 0) is 13.1 Å². The maximum Gasteiger partial charge on any atom is 0.298 e. The number of methoxy groups -OCH3 is 1. The molecule has 0 unspecified atom stereocenters. The molecule has 0 saturated carbocycles. The number of fused-ring (bicyclic) bond motifs is 1. The molecule has 0 aliphatic carbocycles. The summed E-state index contributed by atoms with van der Waals surface area (Å²) in [5.41, 5.74) is 1.86. The lowest BCUT2D eigenvalue weighted by atomic mass is 10.1. The third-order valence-electron chi connectivity index (χ3n) is 3.75. The summed E-state index contributed by atoms with van der Waals surface area (Å²) in [6.45, 7) is 2.14. The molecule has 22 heavy (non-hydrogen) atoms. The molecule has 0 saturated heterocycles. The standard InChI is InChI=1S/C15H14F2N2O3/c1-8-12(13(14(16)17)22-18-8)15(20)19-6-9-4-3-5-11(21-2)10(9)7-19/h3-5,14H,6-7H2,1-2H3. The molecule has 1 aromatic carbocycles. The van der Waals surface area contributed by atoms with Crippen molar-refractivity contribution in [1.29, 1.82) is 0 Å². The topological polar surface area (TPSA) is 55.6 Å². The predicted octanol–water partition coefficient (Wildman–Crippen LogP) is 3.09. The molecule has 1 aliphatic heterocycles. The summed E-state index contributed by atoms with van der Waals surface area (Å²) in [7, 11) is 1.55. The molecule has 0 spiro atoms. The first-order valence-electron chi connectivity index (χ1n) is 6.71. The number of ether oxygens (including phenoxy) is 1. The van der Waals surface area contributed by atoms with Gasteiger partial charge in [0.15, 0.2) is 0 Å². The van der Waals surface area contributed by atoms with E-state index in [1.807, 2.05) is 18.2 Å². The van der Waals surface area contributed by atoms with Crippen LogP contribution in [0.5, 0.6) is 5.75 Å². The quantitative estimate of drug-likeness (QED) is 0.874. The van der Waals surface area contributed by atoms with Gasteiger partial charge in [0.25, 0.3) is 12.3 Å². The summed E-state index contributed by atoms with van der Waals surface area (Å²) in [5, 5.41) is 3.49. The minimum absolute atomic E-state index is 0.151. The van der Waals surface area contributed by atoms with Gasteiger partial charge in [0.05, 0.1) is 19.3 Å². The van der Waals surface area contributed by atoms with E-state index in [1.165, 1.54) is 11.8 Å². The number of benzene rings is 1. The van der Waals surface area contributed by atoms with Crippen molar-refractivity contribution in [3.63, 3.8) is 0 Å².